The summed E-state index contributed by atoms with van der Waals surface area (Å²) >= 11 is 0. The number of aliphatic carboxylic acids is 1. The van der Waals surface area contributed by atoms with Crippen LogP contribution >= 0.6 is 0 Å². The molecule has 0 saturated carbocycles. The van der Waals surface area contributed by atoms with Crippen molar-refractivity contribution in [3.05, 3.63) is 0 Å². The maximum atomic E-state index is 12.3. The number of hydrogen-bond donors (Lipinski definition) is 10. The number of carboxylic acids is 1. The van der Waals surface area contributed by atoms with E-state index in [0.29, 0.717) is 13.0 Å². The molecule has 0 aromatic rings. The monoisotopic (exact) mass is 628 g/mol. The first-order valence-corrected chi connectivity index (χ1v) is 14.1. The number of ether oxygens (including phenoxy) is 6. The predicted octanol–water partition coefficient (Wildman–Crippen LogP) is -5.16. The van der Waals surface area contributed by atoms with Crippen LogP contribution in [-0.4, -0.2) is 165 Å². The normalized spacial score (nSPS) is 43.7. The van der Waals surface area contributed by atoms with Crippen molar-refractivity contribution >= 4 is 11.9 Å². The second kappa shape index (κ2) is 16.1. The number of carbonyl (C=O) groups is 2. The van der Waals surface area contributed by atoms with Crippen molar-refractivity contribution in [1.29, 1.82) is 0 Å². The number of aliphatic hydroxyl groups excluding tert-OH is 7. The average molecular weight is 629 g/mol. The molecule has 0 radical (unpaired) electrons. The van der Waals surface area contributed by atoms with Crippen LogP contribution in [0.3, 0.4) is 0 Å². The van der Waals surface area contributed by atoms with Gasteiger partial charge in [0.25, 0.3) is 0 Å². The van der Waals surface area contributed by atoms with Gasteiger partial charge in [0, 0.05) is 13.5 Å². The highest BCUT2D eigenvalue weighted by Crippen LogP contribution is 2.34. The number of amides is 1. The van der Waals surface area contributed by atoms with Gasteiger partial charge >= 0.3 is 5.97 Å². The molecule has 0 aliphatic carbocycles. The van der Waals surface area contributed by atoms with E-state index in [1.54, 1.807) is 0 Å². The summed E-state index contributed by atoms with van der Waals surface area (Å²) in [4.78, 5) is 24.0. The predicted molar refractivity (Wildman–Crippen MR) is 139 cm³/mol. The first-order valence-electron chi connectivity index (χ1n) is 14.1. The van der Waals surface area contributed by atoms with E-state index < -0.39 is 111 Å². The smallest absolute Gasteiger partial charge is 0.335 e. The average Bonchev–Trinajstić information content (AvgIpc) is 2.96. The number of nitrogens with two attached hydrogens (primary N) is 1. The maximum absolute atomic E-state index is 12.3. The van der Waals surface area contributed by atoms with Crippen LogP contribution in [0.1, 0.15) is 33.1 Å². The molecule has 18 heteroatoms. The van der Waals surface area contributed by atoms with E-state index in [4.69, 9.17) is 34.2 Å². The summed E-state index contributed by atoms with van der Waals surface area (Å²) in [6.07, 6.45) is -21.1. The van der Waals surface area contributed by atoms with E-state index in [2.05, 4.69) is 5.32 Å². The van der Waals surface area contributed by atoms with Gasteiger partial charge in [-0.1, -0.05) is 0 Å². The summed E-state index contributed by atoms with van der Waals surface area (Å²) in [5, 5.41) is 83.7. The second-order valence-electron chi connectivity index (χ2n) is 10.8. The Hall–Kier alpha value is -1.62. The van der Waals surface area contributed by atoms with E-state index in [1.807, 2.05) is 0 Å². The zero-order chi connectivity index (χ0) is 32.0. The summed E-state index contributed by atoms with van der Waals surface area (Å²) in [6, 6.07) is -1.24. The number of nitrogens with one attached hydrogen (secondary N) is 1. The molecule has 0 bridgehead atoms. The van der Waals surface area contributed by atoms with Crippen LogP contribution in [0.2, 0.25) is 0 Å². The Labute approximate surface area is 247 Å². The Balaban J connectivity index is 1.94. The molecule has 3 heterocycles. The topological polar surface area (TPSA) is 289 Å². The molecule has 3 aliphatic heterocycles. The zero-order valence-corrected chi connectivity index (χ0v) is 23.8. The molecule has 15 atom stereocenters. The van der Waals surface area contributed by atoms with Crippen molar-refractivity contribution in [2.24, 2.45) is 5.73 Å². The lowest BCUT2D eigenvalue weighted by atomic mass is 9.94. The molecule has 11 N–H and O–H groups in total. The lowest BCUT2D eigenvalue weighted by molar-refractivity contribution is -0.369. The minimum absolute atomic E-state index is 0.174. The summed E-state index contributed by atoms with van der Waals surface area (Å²) in [5.74, 6) is -2.23. The van der Waals surface area contributed by atoms with Crippen LogP contribution in [-0.2, 0) is 38.0 Å². The van der Waals surface area contributed by atoms with Crippen LogP contribution in [0.4, 0.5) is 0 Å². The van der Waals surface area contributed by atoms with E-state index in [1.165, 1.54) is 13.8 Å². The molecular formula is C25H44N2O16. The molecule has 3 aliphatic rings. The van der Waals surface area contributed by atoms with Crippen molar-refractivity contribution in [3.63, 3.8) is 0 Å². The summed E-state index contributed by atoms with van der Waals surface area (Å²) < 4.78 is 34.6. The van der Waals surface area contributed by atoms with Gasteiger partial charge in [-0.05, 0) is 32.7 Å². The Kier molecular flexibility index (Phi) is 13.4. The van der Waals surface area contributed by atoms with Crippen LogP contribution in [0.25, 0.3) is 0 Å². The molecule has 3 rings (SSSR count). The Bertz CT molecular complexity index is 899. The first kappa shape index (κ1) is 35.9. The fraction of sp³-hybridized carbons (Fsp3) is 0.920. The molecule has 18 nitrogen and oxygen atoms in total. The van der Waals surface area contributed by atoms with Crippen molar-refractivity contribution in [1.82, 2.24) is 5.32 Å². The standard InChI is InChI=1S/C25H44N2O16/c1-9-19(41-24-17(34)14(31)13(30)11(8-28)40-24)20(42-25-18(35)15(32)16(33)21(43-25)22(36)37)12(27-10(2)29)23(39-9)38-7-5-3-4-6-26/h9,11-21,23-25,28,30-35H,3-8,26H2,1-2H3,(H,27,29)(H,36,37)/t9-,11?,12-,13+,14?,15?,16-,17?,18?,19?,20?,21?,23+,24-,25+/m0/s1. The van der Waals surface area contributed by atoms with Crippen molar-refractivity contribution in [2.75, 3.05) is 19.8 Å². The maximum Gasteiger partial charge on any atom is 0.335 e. The van der Waals surface area contributed by atoms with Gasteiger partial charge in [-0.3, -0.25) is 4.79 Å². The lowest BCUT2D eigenvalue weighted by Crippen LogP contribution is -2.69. The van der Waals surface area contributed by atoms with E-state index in [9.17, 15) is 50.4 Å². The number of aliphatic hydroxyl groups is 7. The third-order valence-electron chi connectivity index (χ3n) is 7.53. The fourth-order valence-corrected chi connectivity index (χ4v) is 5.15. The summed E-state index contributed by atoms with van der Waals surface area (Å²) in [5.41, 5.74) is 5.53. The van der Waals surface area contributed by atoms with E-state index >= 15 is 0 Å². The van der Waals surface area contributed by atoms with Crippen LogP contribution in [0, 0.1) is 0 Å². The first-order chi connectivity index (χ1) is 20.3. The van der Waals surface area contributed by atoms with E-state index in [0.717, 1.165) is 12.8 Å². The fourth-order valence-electron chi connectivity index (χ4n) is 5.15. The molecule has 0 spiro atoms. The van der Waals surface area contributed by atoms with Gasteiger partial charge in [-0.2, -0.15) is 0 Å². The molecule has 250 valence electrons. The summed E-state index contributed by atoms with van der Waals surface area (Å²) in [7, 11) is 0. The molecule has 0 aromatic heterocycles. The molecular weight excluding hydrogens is 584 g/mol. The van der Waals surface area contributed by atoms with Crippen molar-refractivity contribution in [2.45, 2.75) is 125 Å². The van der Waals surface area contributed by atoms with Crippen molar-refractivity contribution in [3.8, 4) is 0 Å². The molecule has 3 saturated heterocycles. The van der Waals surface area contributed by atoms with Gasteiger partial charge in [0.2, 0.25) is 5.91 Å². The third kappa shape index (κ3) is 8.56. The second-order valence-corrected chi connectivity index (χ2v) is 10.8. The van der Waals surface area contributed by atoms with E-state index in [-0.39, 0.29) is 6.61 Å². The van der Waals surface area contributed by atoms with Gasteiger partial charge in [0.1, 0.15) is 61.0 Å². The largest absolute Gasteiger partial charge is 0.479 e. The van der Waals surface area contributed by atoms with Gasteiger partial charge in [-0.15, -0.1) is 0 Å². The molecule has 43 heavy (non-hydrogen) atoms. The van der Waals surface area contributed by atoms with Gasteiger partial charge in [0.05, 0.1) is 12.7 Å². The van der Waals surface area contributed by atoms with Crippen LogP contribution < -0.4 is 11.1 Å². The Morgan fingerprint density at radius 2 is 1.40 bits per heavy atom. The van der Waals surface area contributed by atoms with Gasteiger partial charge in [0.15, 0.2) is 25.0 Å². The van der Waals surface area contributed by atoms with Crippen LogP contribution in [0.15, 0.2) is 0 Å². The highest BCUT2D eigenvalue weighted by Gasteiger charge is 2.54. The highest BCUT2D eigenvalue weighted by molar-refractivity contribution is 5.73. The molecule has 8 unspecified atom stereocenters. The zero-order valence-electron chi connectivity index (χ0n) is 23.8. The number of rotatable bonds is 13. The van der Waals surface area contributed by atoms with Crippen LogP contribution in [0.5, 0.6) is 0 Å². The number of hydrogen-bond acceptors (Lipinski definition) is 16. The minimum atomic E-state index is -2.00. The number of carboxylic acid groups (broad SMARTS) is 1. The minimum Gasteiger partial charge on any atom is -0.479 e. The SMILES string of the molecule is CC(=O)N[C@H]1C(O[C@@H]2OC(C(=O)O)[C@@H](O)C(O)C2O)C(O[C@@H]2OC(CO)[C@@H](O)C(O)C2O)[C@H](C)O[C@H]1OCCCCCN. The number of unbranched alkanes of at least 4 members (excludes halogenated alkanes) is 2. The lowest BCUT2D eigenvalue weighted by Gasteiger charge is -2.49. The third-order valence-corrected chi connectivity index (χ3v) is 7.53. The summed E-state index contributed by atoms with van der Waals surface area (Å²) in [6.45, 7) is 2.62. The molecule has 3 fully saturated rings. The Morgan fingerprint density at radius 1 is 0.791 bits per heavy atom. The molecule has 0 aromatic carbocycles. The van der Waals surface area contributed by atoms with Gasteiger partial charge in [-0.25, -0.2) is 4.79 Å². The van der Waals surface area contributed by atoms with Gasteiger partial charge < -0.3 is 80.3 Å². The van der Waals surface area contributed by atoms with Crippen molar-refractivity contribution < 1.29 is 78.9 Å². The highest BCUT2D eigenvalue weighted by atomic mass is 16.8. The number of carbonyl (C=O) groups excluding carboxylic acids is 1. The molecule has 1 amide bonds. The Morgan fingerprint density at radius 3 is 1.98 bits per heavy atom. The quantitative estimate of drug-likeness (QED) is 0.0853.